The molecule has 0 aliphatic rings. The fourth-order valence-electron chi connectivity index (χ4n) is 0.797. The molecule has 0 spiro atoms. The summed E-state index contributed by atoms with van der Waals surface area (Å²) in [5, 5.41) is -0.404. The Hall–Kier alpha value is 0.0500. The molecule has 0 heterocycles. The Bertz CT molecular complexity index is 335. The summed E-state index contributed by atoms with van der Waals surface area (Å²) in [4.78, 5) is 10.8. The molecular formula is C8H4Cl4O. The normalized spacial score (nSPS) is 11.4. The largest absolute Gasteiger partial charge is 0.277 e. The molecule has 70 valence electrons. The molecular weight excluding hydrogens is 254 g/mol. The fourth-order valence-corrected chi connectivity index (χ4v) is 1.33. The summed E-state index contributed by atoms with van der Waals surface area (Å²) >= 11 is 22.3. The van der Waals surface area contributed by atoms with Crippen molar-refractivity contribution in [2.24, 2.45) is 0 Å². The van der Waals surface area contributed by atoms with Crippen LogP contribution in [-0.2, 0) is 9.13 Å². The Balaban J connectivity index is 3.14. The molecule has 5 heteroatoms. The van der Waals surface area contributed by atoms with Gasteiger partial charge in [0.15, 0.2) is 0 Å². The van der Waals surface area contributed by atoms with E-state index in [4.69, 9.17) is 46.4 Å². The van der Waals surface area contributed by atoms with Crippen molar-refractivity contribution in [3.8, 4) is 0 Å². The number of carbonyl (C=O) groups is 1. The first-order valence-corrected chi connectivity index (χ1v) is 4.79. The molecule has 0 unspecified atom stereocenters. The van der Waals surface area contributed by atoms with Crippen LogP contribution in [0.1, 0.15) is 5.56 Å². The third-order valence-electron chi connectivity index (χ3n) is 1.43. The molecule has 0 aliphatic heterocycles. The average Bonchev–Trinajstić information content (AvgIpc) is 2.04. The maximum absolute atomic E-state index is 10.8. The van der Waals surface area contributed by atoms with Gasteiger partial charge in [0.2, 0.25) is 4.33 Å². The van der Waals surface area contributed by atoms with Gasteiger partial charge in [-0.1, -0.05) is 46.9 Å². The molecule has 1 aromatic carbocycles. The van der Waals surface area contributed by atoms with Gasteiger partial charge in [-0.2, -0.15) is 0 Å². The van der Waals surface area contributed by atoms with Gasteiger partial charge in [0, 0.05) is 5.02 Å². The second-order valence-electron chi connectivity index (χ2n) is 2.36. The van der Waals surface area contributed by atoms with Gasteiger partial charge in [-0.15, -0.1) is 0 Å². The van der Waals surface area contributed by atoms with Crippen LogP contribution in [-0.4, -0.2) is 5.24 Å². The van der Waals surface area contributed by atoms with Crippen molar-refractivity contribution < 1.29 is 4.79 Å². The molecule has 0 amide bonds. The highest BCUT2D eigenvalue weighted by molar-refractivity contribution is 6.77. The second-order valence-corrected chi connectivity index (χ2v) is 4.47. The van der Waals surface area contributed by atoms with Crippen LogP contribution in [0.4, 0.5) is 0 Å². The van der Waals surface area contributed by atoms with Crippen LogP contribution in [0.5, 0.6) is 0 Å². The van der Waals surface area contributed by atoms with Gasteiger partial charge in [-0.3, -0.25) is 4.79 Å². The topological polar surface area (TPSA) is 17.1 Å². The number of benzene rings is 1. The van der Waals surface area contributed by atoms with Crippen LogP contribution in [0, 0.1) is 0 Å². The summed E-state index contributed by atoms with van der Waals surface area (Å²) in [6, 6.07) is 6.35. The van der Waals surface area contributed by atoms with Crippen molar-refractivity contribution in [3.63, 3.8) is 0 Å². The fraction of sp³-hybridized carbons (Fsp3) is 0.125. The first-order chi connectivity index (χ1) is 5.94. The Morgan fingerprint density at radius 1 is 1.31 bits per heavy atom. The standard InChI is InChI=1S/C8H4Cl4O/c9-6-3-1-2-5(4-6)8(11,12)7(10)13/h1-4H. The number of hydrogen-bond donors (Lipinski definition) is 0. The molecule has 0 aromatic heterocycles. The van der Waals surface area contributed by atoms with Crippen molar-refractivity contribution in [2.75, 3.05) is 0 Å². The SMILES string of the molecule is O=C(Cl)C(Cl)(Cl)c1cccc(Cl)c1. The highest BCUT2D eigenvalue weighted by atomic mass is 35.5. The smallest absolute Gasteiger partial charge is 0.262 e. The molecule has 0 saturated heterocycles. The predicted molar refractivity (Wildman–Crippen MR) is 55.7 cm³/mol. The van der Waals surface area contributed by atoms with E-state index in [-0.39, 0.29) is 0 Å². The van der Waals surface area contributed by atoms with Crippen LogP contribution < -0.4 is 0 Å². The predicted octanol–water partition coefficient (Wildman–Crippen LogP) is 3.74. The van der Waals surface area contributed by atoms with Gasteiger partial charge < -0.3 is 0 Å². The molecule has 0 fully saturated rings. The quantitative estimate of drug-likeness (QED) is 0.583. The van der Waals surface area contributed by atoms with E-state index in [0.717, 1.165) is 0 Å². The second kappa shape index (κ2) is 4.05. The summed E-state index contributed by atoms with van der Waals surface area (Å²) < 4.78 is -1.73. The Kier molecular flexibility index (Phi) is 3.47. The van der Waals surface area contributed by atoms with E-state index in [0.29, 0.717) is 10.6 Å². The summed E-state index contributed by atoms with van der Waals surface area (Å²) in [5.74, 6) is 0. The van der Waals surface area contributed by atoms with Crippen molar-refractivity contribution in [3.05, 3.63) is 34.9 Å². The minimum atomic E-state index is -1.73. The van der Waals surface area contributed by atoms with Crippen LogP contribution in [0.25, 0.3) is 0 Å². The monoisotopic (exact) mass is 256 g/mol. The highest BCUT2D eigenvalue weighted by Gasteiger charge is 2.34. The van der Waals surface area contributed by atoms with Crippen molar-refractivity contribution in [2.45, 2.75) is 4.33 Å². The van der Waals surface area contributed by atoms with E-state index in [2.05, 4.69) is 0 Å². The van der Waals surface area contributed by atoms with Crippen LogP contribution in [0.2, 0.25) is 5.02 Å². The lowest BCUT2D eigenvalue weighted by molar-refractivity contribution is -0.112. The zero-order chi connectivity index (χ0) is 10.1. The van der Waals surface area contributed by atoms with Gasteiger partial charge in [-0.05, 0) is 29.3 Å². The summed E-state index contributed by atoms with van der Waals surface area (Å²) in [5.41, 5.74) is 0.364. The maximum atomic E-state index is 10.8. The van der Waals surface area contributed by atoms with E-state index < -0.39 is 9.58 Å². The zero-order valence-electron chi connectivity index (χ0n) is 6.23. The maximum Gasteiger partial charge on any atom is 0.262 e. The molecule has 1 rings (SSSR count). The minimum Gasteiger partial charge on any atom is -0.277 e. The molecule has 0 radical (unpaired) electrons. The van der Waals surface area contributed by atoms with Gasteiger partial charge in [0.1, 0.15) is 0 Å². The summed E-state index contributed by atoms with van der Waals surface area (Å²) in [6.07, 6.45) is 0. The Morgan fingerprint density at radius 3 is 2.38 bits per heavy atom. The third kappa shape index (κ3) is 2.50. The third-order valence-corrected chi connectivity index (χ3v) is 2.93. The number of halogens is 4. The Labute approximate surface area is 95.5 Å². The lowest BCUT2D eigenvalue weighted by atomic mass is 10.1. The molecule has 0 N–H and O–H groups in total. The molecule has 0 bridgehead atoms. The summed E-state index contributed by atoms with van der Waals surface area (Å²) in [6.45, 7) is 0. The molecule has 1 nitrogen and oxygen atoms in total. The van der Waals surface area contributed by atoms with E-state index in [1.807, 2.05) is 0 Å². The van der Waals surface area contributed by atoms with E-state index in [1.165, 1.54) is 6.07 Å². The summed E-state index contributed by atoms with van der Waals surface area (Å²) in [7, 11) is 0. The first kappa shape index (κ1) is 11.1. The van der Waals surface area contributed by atoms with Crippen molar-refractivity contribution in [1.82, 2.24) is 0 Å². The molecule has 1 aromatic rings. The first-order valence-electron chi connectivity index (χ1n) is 3.28. The van der Waals surface area contributed by atoms with Crippen molar-refractivity contribution in [1.29, 1.82) is 0 Å². The van der Waals surface area contributed by atoms with Crippen LogP contribution in [0.3, 0.4) is 0 Å². The molecule has 0 saturated carbocycles. The molecule has 0 atom stereocenters. The zero-order valence-corrected chi connectivity index (χ0v) is 9.25. The van der Waals surface area contributed by atoms with E-state index in [1.54, 1.807) is 18.2 Å². The number of carbonyl (C=O) groups excluding carboxylic acids is 1. The van der Waals surface area contributed by atoms with Crippen molar-refractivity contribution >= 4 is 51.6 Å². The van der Waals surface area contributed by atoms with Crippen LogP contribution >= 0.6 is 46.4 Å². The lowest BCUT2D eigenvalue weighted by Crippen LogP contribution is -2.18. The van der Waals surface area contributed by atoms with Gasteiger partial charge in [0.05, 0.1) is 0 Å². The number of hydrogen-bond acceptors (Lipinski definition) is 1. The Morgan fingerprint density at radius 2 is 1.92 bits per heavy atom. The number of alkyl halides is 2. The average molecular weight is 258 g/mol. The van der Waals surface area contributed by atoms with Crippen LogP contribution in [0.15, 0.2) is 24.3 Å². The molecule has 0 aliphatic carbocycles. The van der Waals surface area contributed by atoms with Gasteiger partial charge >= 0.3 is 0 Å². The molecule has 13 heavy (non-hydrogen) atoms. The van der Waals surface area contributed by atoms with E-state index >= 15 is 0 Å². The number of rotatable bonds is 2. The lowest BCUT2D eigenvalue weighted by Gasteiger charge is -2.14. The van der Waals surface area contributed by atoms with Gasteiger partial charge in [0.25, 0.3) is 5.24 Å². The van der Waals surface area contributed by atoms with Gasteiger partial charge in [-0.25, -0.2) is 0 Å². The minimum absolute atomic E-state index is 0.364. The van der Waals surface area contributed by atoms with E-state index in [9.17, 15) is 4.79 Å². The highest BCUT2D eigenvalue weighted by Crippen LogP contribution is 2.36.